The number of guanidine groups is 2. The van der Waals surface area contributed by atoms with E-state index >= 15 is 0 Å². The van der Waals surface area contributed by atoms with Gasteiger partial charge in [-0.1, -0.05) is 42.1 Å². The maximum absolute atomic E-state index is 10.8. The van der Waals surface area contributed by atoms with Crippen LogP contribution in [0.2, 0.25) is 10.0 Å². The summed E-state index contributed by atoms with van der Waals surface area (Å²) in [6.45, 7) is 2.59. The number of aliphatic imine (C=N–C) groups is 2. The number of hydrogen-bond acceptors (Lipinski definition) is 3. The van der Waals surface area contributed by atoms with Crippen LogP contribution in [0.4, 0.5) is 0 Å². The van der Waals surface area contributed by atoms with Crippen LogP contribution in [0.1, 0.15) is 44.6 Å². The van der Waals surface area contributed by atoms with Gasteiger partial charge in [0.2, 0.25) is 0 Å². The molecule has 1 rings (SSSR count). The number of Topliss-reactive ketones (excluding diaryl/α,β-unsaturated/α-hetero) is 1. The molecule has 0 atom stereocenters. The molecule has 0 aromatic heterocycles. The first-order chi connectivity index (χ1) is 11.9. The molecule has 0 aliphatic heterocycles. The van der Waals surface area contributed by atoms with Crippen LogP contribution in [0, 0.1) is 0 Å². The van der Waals surface area contributed by atoms with Crippen LogP contribution in [0.15, 0.2) is 28.2 Å². The molecule has 0 radical (unpaired) electrons. The van der Waals surface area contributed by atoms with Crippen molar-refractivity contribution in [1.29, 1.82) is 0 Å². The van der Waals surface area contributed by atoms with Crippen molar-refractivity contribution in [1.82, 2.24) is 5.32 Å². The summed E-state index contributed by atoms with van der Waals surface area (Å²) in [5.74, 6) is 0.662. The summed E-state index contributed by atoms with van der Waals surface area (Å²) in [7, 11) is 0. The predicted molar refractivity (Wildman–Crippen MR) is 105 cm³/mol. The first-order valence-corrected chi connectivity index (χ1v) is 8.94. The molecule has 5 N–H and O–H groups in total. The van der Waals surface area contributed by atoms with E-state index < -0.39 is 0 Å². The summed E-state index contributed by atoms with van der Waals surface area (Å²) < 4.78 is 0. The molecule has 6 nitrogen and oxygen atoms in total. The van der Waals surface area contributed by atoms with E-state index in [9.17, 15) is 4.79 Å². The SMILES string of the molecule is CC(=O)CCCCCCN=C(N)NC(N)=NCc1ccc(Cl)c(Cl)c1. The van der Waals surface area contributed by atoms with Gasteiger partial charge in [-0.15, -0.1) is 0 Å². The lowest BCUT2D eigenvalue weighted by atomic mass is 10.1. The standard InChI is InChI=1S/C17H25Cl2N5O/c1-12(25)6-4-2-3-5-9-22-16(20)24-17(21)23-11-13-7-8-14(18)15(19)10-13/h7-8,10H,2-6,9,11H2,1H3,(H5,20,21,22,23,24). The van der Waals surface area contributed by atoms with Crippen LogP contribution >= 0.6 is 23.2 Å². The average Bonchev–Trinajstić information content (AvgIpc) is 2.54. The van der Waals surface area contributed by atoms with Crippen molar-refractivity contribution in [2.45, 2.75) is 45.6 Å². The summed E-state index contributed by atoms with van der Waals surface area (Å²) in [5.41, 5.74) is 12.4. The molecule has 25 heavy (non-hydrogen) atoms. The smallest absolute Gasteiger partial charge is 0.195 e. The lowest BCUT2D eigenvalue weighted by molar-refractivity contribution is -0.117. The number of unbranched alkanes of at least 4 members (excludes halogenated alkanes) is 3. The maximum Gasteiger partial charge on any atom is 0.195 e. The monoisotopic (exact) mass is 385 g/mol. The Morgan fingerprint density at radius 3 is 2.40 bits per heavy atom. The highest BCUT2D eigenvalue weighted by Gasteiger charge is 2.00. The quantitative estimate of drug-likeness (QED) is 0.344. The Balaban J connectivity index is 2.28. The number of carbonyl (C=O) groups is 1. The van der Waals surface area contributed by atoms with Crippen LogP contribution in [-0.2, 0) is 11.3 Å². The third kappa shape index (κ3) is 9.94. The van der Waals surface area contributed by atoms with Gasteiger partial charge in [0.25, 0.3) is 0 Å². The molecular weight excluding hydrogens is 361 g/mol. The summed E-state index contributed by atoms with van der Waals surface area (Å²) in [5, 5.41) is 3.72. The minimum atomic E-state index is 0.189. The number of nitrogens with zero attached hydrogens (tertiary/aromatic N) is 2. The predicted octanol–water partition coefficient (Wildman–Crippen LogP) is 3.25. The van der Waals surface area contributed by atoms with Crippen molar-refractivity contribution >= 4 is 40.9 Å². The Bertz CT molecular complexity index is 631. The molecule has 1 aromatic rings. The van der Waals surface area contributed by atoms with E-state index in [1.54, 1.807) is 19.1 Å². The van der Waals surface area contributed by atoms with E-state index in [2.05, 4.69) is 15.3 Å². The molecule has 0 bridgehead atoms. The molecular formula is C17H25Cl2N5O. The molecule has 8 heteroatoms. The van der Waals surface area contributed by atoms with Crippen molar-refractivity contribution < 1.29 is 4.79 Å². The van der Waals surface area contributed by atoms with Gasteiger partial charge in [-0.25, -0.2) is 4.99 Å². The molecule has 0 aliphatic rings. The van der Waals surface area contributed by atoms with E-state index in [1.165, 1.54) is 0 Å². The lowest BCUT2D eigenvalue weighted by Crippen LogP contribution is -2.41. The second-order valence-corrected chi connectivity index (χ2v) is 6.52. The highest BCUT2D eigenvalue weighted by molar-refractivity contribution is 6.42. The summed E-state index contributed by atoms with van der Waals surface area (Å²) in [6, 6.07) is 5.28. The molecule has 138 valence electrons. The molecule has 0 aliphatic carbocycles. The Kier molecular flexibility index (Phi) is 9.96. The van der Waals surface area contributed by atoms with Gasteiger partial charge in [0.05, 0.1) is 16.6 Å². The molecule has 0 spiro atoms. The summed E-state index contributed by atoms with van der Waals surface area (Å²) in [6.07, 6.45) is 4.54. The summed E-state index contributed by atoms with van der Waals surface area (Å²) in [4.78, 5) is 19.2. The number of halogens is 2. The molecule has 1 aromatic carbocycles. The van der Waals surface area contributed by atoms with Crippen molar-refractivity contribution in [2.24, 2.45) is 21.5 Å². The summed E-state index contributed by atoms with van der Waals surface area (Å²) >= 11 is 11.8. The van der Waals surface area contributed by atoms with E-state index in [4.69, 9.17) is 34.7 Å². The van der Waals surface area contributed by atoms with Gasteiger partial charge < -0.3 is 16.3 Å². The highest BCUT2D eigenvalue weighted by Crippen LogP contribution is 2.22. The largest absolute Gasteiger partial charge is 0.370 e. The fourth-order valence-corrected chi connectivity index (χ4v) is 2.38. The van der Waals surface area contributed by atoms with E-state index in [1.807, 2.05) is 6.07 Å². The fraction of sp³-hybridized carbons (Fsp3) is 0.471. The van der Waals surface area contributed by atoms with Gasteiger partial charge in [-0.2, -0.15) is 0 Å². The van der Waals surface area contributed by atoms with Gasteiger partial charge in [-0.3, -0.25) is 10.3 Å². The number of hydrogen-bond donors (Lipinski definition) is 3. The number of nitrogens with two attached hydrogens (primary N) is 2. The van der Waals surface area contributed by atoms with Crippen LogP contribution in [0.25, 0.3) is 0 Å². The van der Waals surface area contributed by atoms with Crippen LogP contribution in [0.5, 0.6) is 0 Å². The van der Waals surface area contributed by atoms with Crippen molar-refractivity contribution in [3.8, 4) is 0 Å². The Morgan fingerprint density at radius 1 is 1.04 bits per heavy atom. The number of carbonyl (C=O) groups excluding carboxylic acids is 1. The zero-order valence-corrected chi connectivity index (χ0v) is 15.9. The number of rotatable bonds is 9. The Morgan fingerprint density at radius 2 is 1.72 bits per heavy atom. The second-order valence-electron chi connectivity index (χ2n) is 5.71. The first kappa shape index (κ1) is 21.3. The van der Waals surface area contributed by atoms with Crippen molar-refractivity contribution in [3.05, 3.63) is 33.8 Å². The molecule has 0 saturated heterocycles. The topological polar surface area (TPSA) is 106 Å². The Labute approximate surface area is 158 Å². The normalized spacial score (nSPS) is 12.3. The van der Waals surface area contributed by atoms with E-state index in [-0.39, 0.29) is 17.7 Å². The minimum absolute atomic E-state index is 0.189. The first-order valence-electron chi connectivity index (χ1n) is 8.18. The minimum Gasteiger partial charge on any atom is -0.370 e. The Hall–Kier alpha value is -1.79. The molecule has 0 heterocycles. The highest BCUT2D eigenvalue weighted by atomic mass is 35.5. The van der Waals surface area contributed by atoms with Crippen molar-refractivity contribution in [3.63, 3.8) is 0 Å². The van der Waals surface area contributed by atoms with Crippen LogP contribution in [0.3, 0.4) is 0 Å². The average molecular weight is 386 g/mol. The maximum atomic E-state index is 10.8. The zero-order valence-electron chi connectivity index (χ0n) is 14.4. The molecule has 0 unspecified atom stereocenters. The number of benzene rings is 1. The third-order valence-corrected chi connectivity index (χ3v) is 4.13. The second kappa shape index (κ2) is 11.7. The van der Waals surface area contributed by atoms with Crippen LogP contribution in [-0.4, -0.2) is 24.2 Å². The molecule has 0 fully saturated rings. The molecule has 0 amide bonds. The van der Waals surface area contributed by atoms with E-state index in [0.29, 0.717) is 29.6 Å². The van der Waals surface area contributed by atoms with Gasteiger partial charge in [-0.05, 0) is 37.5 Å². The van der Waals surface area contributed by atoms with Crippen LogP contribution < -0.4 is 16.8 Å². The fourth-order valence-electron chi connectivity index (χ4n) is 2.06. The lowest BCUT2D eigenvalue weighted by Gasteiger charge is -2.05. The van der Waals surface area contributed by atoms with Gasteiger partial charge in [0, 0.05) is 13.0 Å². The van der Waals surface area contributed by atoms with Gasteiger partial charge >= 0.3 is 0 Å². The van der Waals surface area contributed by atoms with Gasteiger partial charge in [0.1, 0.15) is 5.78 Å². The number of ketones is 1. The number of nitrogens with one attached hydrogen (secondary N) is 1. The zero-order chi connectivity index (χ0) is 18.7. The van der Waals surface area contributed by atoms with E-state index in [0.717, 1.165) is 31.2 Å². The molecule has 0 saturated carbocycles. The third-order valence-electron chi connectivity index (χ3n) is 3.39. The van der Waals surface area contributed by atoms with Gasteiger partial charge in [0.15, 0.2) is 11.9 Å². The van der Waals surface area contributed by atoms with Crippen molar-refractivity contribution in [2.75, 3.05) is 6.54 Å².